The molecule has 0 spiro atoms. The molecule has 2 N–H and O–H groups in total. The summed E-state index contributed by atoms with van der Waals surface area (Å²) in [6.45, 7) is 1.84. The van der Waals surface area contributed by atoms with Crippen molar-refractivity contribution in [1.82, 2.24) is 9.97 Å². The summed E-state index contributed by atoms with van der Waals surface area (Å²) in [5, 5.41) is 2.91. The Kier molecular flexibility index (Phi) is 5.19. The molecule has 0 amide bonds. The van der Waals surface area contributed by atoms with Crippen molar-refractivity contribution in [2.75, 3.05) is 26.1 Å². The van der Waals surface area contributed by atoms with Crippen molar-refractivity contribution in [3.8, 4) is 11.5 Å². The van der Waals surface area contributed by atoms with Gasteiger partial charge in [-0.05, 0) is 6.92 Å². The molecule has 0 aliphatic carbocycles. The highest BCUT2D eigenvalue weighted by molar-refractivity contribution is 5.88. The van der Waals surface area contributed by atoms with Crippen LogP contribution < -0.4 is 20.3 Å². The maximum absolute atomic E-state index is 11.9. The van der Waals surface area contributed by atoms with E-state index in [1.54, 1.807) is 25.1 Å². The predicted octanol–water partition coefficient (Wildman–Crippen LogP) is 1.71. The van der Waals surface area contributed by atoms with E-state index in [4.69, 9.17) is 14.2 Å². The fourth-order valence-electron chi connectivity index (χ4n) is 1.83. The van der Waals surface area contributed by atoms with Crippen molar-refractivity contribution < 1.29 is 19.0 Å². The standard InChI is InChI=1S/C15H17N3O5/c1-4-23-14(20)12-8-16-15(18-13(12)19)17-9-5-10(21-2)7-11(6-9)22-3/h5-8H,4H2,1-3H3,(H2,16,17,18,19). The minimum atomic E-state index is -0.712. The Morgan fingerprint density at radius 3 is 2.39 bits per heavy atom. The number of ether oxygens (including phenoxy) is 3. The largest absolute Gasteiger partial charge is 0.497 e. The van der Waals surface area contributed by atoms with Gasteiger partial charge in [-0.2, -0.15) is 0 Å². The molecule has 8 nitrogen and oxygen atoms in total. The third-order valence-electron chi connectivity index (χ3n) is 2.91. The number of carbonyl (C=O) groups excluding carboxylic acids is 1. The van der Waals surface area contributed by atoms with E-state index in [1.165, 1.54) is 14.2 Å². The zero-order chi connectivity index (χ0) is 16.8. The maximum Gasteiger partial charge on any atom is 0.345 e. The van der Waals surface area contributed by atoms with Crippen molar-refractivity contribution in [2.45, 2.75) is 6.92 Å². The van der Waals surface area contributed by atoms with Gasteiger partial charge in [0.1, 0.15) is 17.1 Å². The quantitative estimate of drug-likeness (QED) is 0.781. The Morgan fingerprint density at radius 1 is 1.22 bits per heavy atom. The van der Waals surface area contributed by atoms with Gasteiger partial charge in [0.05, 0.1) is 27.0 Å². The minimum absolute atomic E-state index is 0.152. The molecule has 0 bridgehead atoms. The van der Waals surface area contributed by atoms with Gasteiger partial charge in [0.2, 0.25) is 5.95 Å². The zero-order valence-electron chi connectivity index (χ0n) is 13.0. The number of esters is 1. The van der Waals surface area contributed by atoms with Gasteiger partial charge < -0.3 is 19.5 Å². The normalized spacial score (nSPS) is 10.0. The average Bonchev–Trinajstić information content (AvgIpc) is 2.54. The van der Waals surface area contributed by atoms with Crippen LogP contribution in [0.25, 0.3) is 0 Å². The van der Waals surface area contributed by atoms with E-state index >= 15 is 0 Å². The van der Waals surface area contributed by atoms with Crippen LogP contribution in [0.2, 0.25) is 0 Å². The molecule has 2 aromatic rings. The second-order valence-corrected chi connectivity index (χ2v) is 4.42. The summed E-state index contributed by atoms with van der Waals surface area (Å²) in [7, 11) is 3.07. The van der Waals surface area contributed by atoms with Crippen molar-refractivity contribution >= 4 is 17.6 Å². The monoisotopic (exact) mass is 319 g/mol. The Labute approximate surface area is 132 Å². The first-order valence-electron chi connectivity index (χ1n) is 6.84. The van der Waals surface area contributed by atoms with Crippen LogP contribution in [0.15, 0.2) is 29.2 Å². The lowest BCUT2D eigenvalue weighted by atomic mass is 10.3. The predicted molar refractivity (Wildman–Crippen MR) is 83.6 cm³/mol. The van der Waals surface area contributed by atoms with Crippen LogP contribution in [0, 0.1) is 0 Å². The first-order valence-corrected chi connectivity index (χ1v) is 6.84. The van der Waals surface area contributed by atoms with E-state index in [1.807, 2.05) is 0 Å². The first-order chi connectivity index (χ1) is 11.1. The third-order valence-corrected chi connectivity index (χ3v) is 2.91. The number of carbonyl (C=O) groups is 1. The van der Waals surface area contributed by atoms with Crippen LogP contribution in [-0.2, 0) is 4.74 Å². The summed E-state index contributed by atoms with van der Waals surface area (Å²) in [6, 6.07) is 5.13. The van der Waals surface area contributed by atoms with E-state index < -0.39 is 11.5 Å². The Balaban J connectivity index is 2.26. The van der Waals surface area contributed by atoms with Crippen LogP contribution >= 0.6 is 0 Å². The molecule has 0 saturated carbocycles. The molecule has 23 heavy (non-hydrogen) atoms. The van der Waals surface area contributed by atoms with Gasteiger partial charge in [0, 0.05) is 23.9 Å². The van der Waals surface area contributed by atoms with Crippen LogP contribution in [0.5, 0.6) is 11.5 Å². The number of rotatable bonds is 6. The summed E-state index contributed by atoms with van der Waals surface area (Å²) in [5.41, 5.74) is -0.135. The van der Waals surface area contributed by atoms with E-state index in [0.717, 1.165) is 6.20 Å². The second-order valence-electron chi connectivity index (χ2n) is 4.42. The molecular weight excluding hydrogens is 302 g/mol. The molecular formula is C15H17N3O5. The van der Waals surface area contributed by atoms with Crippen molar-refractivity contribution in [3.63, 3.8) is 0 Å². The number of benzene rings is 1. The van der Waals surface area contributed by atoms with Crippen molar-refractivity contribution in [3.05, 3.63) is 40.3 Å². The van der Waals surface area contributed by atoms with Crippen LogP contribution in [-0.4, -0.2) is 36.8 Å². The fraction of sp³-hybridized carbons (Fsp3) is 0.267. The molecule has 0 unspecified atom stereocenters. The molecule has 2 rings (SSSR count). The summed E-state index contributed by atoms with van der Waals surface area (Å²) >= 11 is 0. The van der Waals surface area contributed by atoms with Crippen molar-refractivity contribution in [2.24, 2.45) is 0 Å². The maximum atomic E-state index is 11.9. The molecule has 0 radical (unpaired) electrons. The topological polar surface area (TPSA) is 103 Å². The van der Waals surface area contributed by atoms with Gasteiger partial charge >= 0.3 is 5.97 Å². The van der Waals surface area contributed by atoms with Crippen LogP contribution in [0.1, 0.15) is 17.3 Å². The number of nitrogens with one attached hydrogen (secondary N) is 2. The Hall–Kier alpha value is -3.03. The number of anilines is 2. The van der Waals surface area contributed by atoms with Gasteiger partial charge in [-0.1, -0.05) is 0 Å². The van der Waals surface area contributed by atoms with Gasteiger partial charge in [-0.25, -0.2) is 9.78 Å². The van der Waals surface area contributed by atoms with Gasteiger partial charge in [-0.15, -0.1) is 0 Å². The number of aromatic nitrogens is 2. The Bertz CT molecular complexity index is 735. The SMILES string of the molecule is CCOC(=O)c1cnc(Nc2cc(OC)cc(OC)c2)[nH]c1=O. The van der Waals surface area contributed by atoms with E-state index in [9.17, 15) is 9.59 Å². The molecule has 0 saturated heterocycles. The van der Waals surface area contributed by atoms with Crippen LogP contribution in [0.3, 0.4) is 0 Å². The molecule has 122 valence electrons. The zero-order valence-corrected chi connectivity index (χ0v) is 13.0. The van der Waals surface area contributed by atoms with E-state index in [0.29, 0.717) is 17.2 Å². The molecule has 1 heterocycles. The summed E-state index contributed by atoms with van der Waals surface area (Å²) in [6.07, 6.45) is 1.16. The molecule has 1 aromatic carbocycles. The highest BCUT2D eigenvalue weighted by Crippen LogP contribution is 2.26. The highest BCUT2D eigenvalue weighted by Gasteiger charge is 2.13. The average molecular weight is 319 g/mol. The third kappa shape index (κ3) is 4.00. The lowest BCUT2D eigenvalue weighted by Gasteiger charge is -2.10. The smallest absolute Gasteiger partial charge is 0.345 e. The number of nitrogens with zero attached hydrogens (tertiary/aromatic N) is 1. The summed E-state index contributed by atoms with van der Waals surface area (Å²) in [4.78, 5) is 30.0. The summed E-state index contributed by atoms with van der Waals surface area (Å²) < 4.78 is 15.1. The van der Waals surface area contributed by atoms with E-state index in [-0.39, 0.29) is 18.1 Å². The van der Waals surface area contributed by atoms with Crippen molar-refractivity contribution in [1.29, 1.82) is 0 Å². The van der Waals surface area contributed by atoms with E-state index in [2.05, 4.69) is 15.3 Å². The molecule has 0 atom stereocenters. The molecule has 1 aromatic heterocycles. The number of aromatic amines is 1. The lowest BCUT2D eigenvalue weighted by Crippen LogP contribution is -2.21. The highest BCUT2D eigenvalue weighted by atomic mass is 16.5. The molecule has 0 aliphatic rings. The molecule has 8 heteroatoms. The van der Waals surface area contributed by atoms with Gasteiger partial charge in [0.25, 0.3) is 5.56 Å². The first kappa shape index (κ1) is 16.3. The molecule has 0 aliphatic heterocycles. The van der Waals surface area contributed by atoms with Gasteiger partial charge in [0.15, 0.2) is 0 Å². The molecule has 0 fully saturated rings. The van der Waals surface area contributed by atoms with Crippen LogP contribution in [0.4, 0.5) is 11.6 Å². The Morgan fingerprint density at radius 2 is 1.87 bits per heavy atom. The lowest BCUT2D eigenvalue weighted by molar-refractivity contribution is 0.0524. The minimum Gasteiger partial charge on any atom is -0.497 e. The van der Waals surface area contributed by atoms with Gasteiger partial charge in [-0.3, -0.25) is 9.78 Å². The number of H-pyrrole nitrogens is 1. The number of methoxy groups -OCH3 is 2. The number of hydrogen-bond acceptors (Lipinski definition) is 7. The summed E-state index contributed by atoms with van der Waals surface area (Å²) in [5.74, 6) is 0.629. The fourth-order valence-corrected chi connectivity index (χ4v) is 1.83. The second kappa shape index (κ2) is 7.30. The number of hydrogen-bond donors (Lipinski definition) is 2.